The number of hydrogen-bond donors (Lipinski definition) is 1. The molecule has 2 heterocycles. The Labute approximate surface area is 115 Å². The highest BCUT2D eigenvalue weighted by Crippen LogP contribution is 2.37. The minimum absolute atomic E-state index is 0.0768. The lowest BCUT2D eigenvalue weighted by Gasteiger charge is -2.38. The van der Waals surface area contributed by atoms with Crippen LogP contribution >= 0.6 is 11.8 Å². The van der Waals surface area contributed by atoms with Gasteiger partial charge in [-0.05, 0) is 30.4 Å². The average molecular weight is 274 g/mol. The van der Waals surface area contributed by atoms with E-state index in [-0.39, 0.29) is 11.7 Å². The minimum atomic E-state index is -0.185. The van der Waals surface area contributed by atoms with E-state index >= 15 is 0 Å². The number of thioether (sulfide) groups is 1. The summed E-state index contributed by atoms with van der Waals surface area (Å²) in [5.41, 5.74) is -0.0768. The third-order valence-electron chi connectivity index (χ3n) is 3.88. The van der Waals surface area contributed by atoms with Crippen molar-refractivity contribution in [3.05, 3.63) is 0 Å². The first-order valence-electron chi connectivity index (χ1n) is 7.09. The molecular formula is C14H26O3S. The smallest absolute Gasteiger partial charge is 0.0940 e. The molecule has 2 fully saturated rings. The first kappa shape index (κ1) is 14.6. The molecule has 0 radical (unpaired) electrons. The lowest BCUT2D eigenvalue weighted by Crippen LogP contribution is -2.44. The van der Waals surface area contributed by atoms with Gasteiger partial charge in [0.25, 0.3) is 0 Å². The average Bonchev–Trinajstić information content (AvgIpc) is 2.76. The van der Waals surface area contributed by atoms with Crippen molar-refractivity contribution in [2.75, 3.05) is 31.3 Å². The predicted octanol–water partition coefficient (Wildman–Crippen LogP) is 2.32. The molecule has 4 heteroatoms. The van der Waals surface area contributed by atoms with Gasteiger partial charge >= 0.3 is 0 Å². The predicted molar refractivity (Wildman–Crippen MR) is 75.0 cm³/mol. The first-order chi connectivity index (χ1) is 8.61. The summed E-state index contributed by atoms with van der Waals surface area (Å²) in [5.74, 6) is 3.08. The molecule has 0 saturated carbocycles. The van der Waals surface area contributed by atoms with Crippen LogP contribution in [0.15, 0.2) is 0 Å². The van der Waals surface area contributed by atoms with Crippen molar-refractivity contribution >= 4 is 11.8 Å². The molecular weight excluding hydrogens is 248 g/mol. The van der Waals surface area contributed by atoms with Gasteiger partial charge in [0.05, 0.1) is 18.3 Å². The molecule has 18 heavy (non-hydrogen) atoms. The van der Waals surface area contributed by atoms with Crippen LogP contribution in [0.3, 0.4) is 0 Å². The van der Waals surface area contributed by atoms with E-state index in [0.717, 1.165) is 50.6 Å². The van der Waals surface area contributed by atoms with Crippen LogP contribution in [0, 0.1) is 11.8 Å². The molecule has 0 amide bonds. The van der Waals surface area contributed by atoms with Crippen LogP contribution in [0.25, 0.3) is 0 Å². The Bertz CT molecular complexity index is 251. The quantitative estimate of drug-likeness (QED) is 0.835. The maximum absolute atomic E-state index is 10.3. The lowest BCUT2D eigenvalue weighted by atomic mass is 9.82. The van der Waals surface area contributed by atoms with Gasteiger partial charge in [-0.15, -0.1) is 0 Å². The van der Waals surface area contributed by atoms with E-state index in [2.05, 4.69) is 13.8 Å². The molecule has 0 aromatic carbocycles. The molecule has 1 spiro atoms. The molecule has 0 aliphatic carbocycles. The Morgan fingerprint density at radius 2 is 2.17 bits per heavy atom. The molecule has 1 N–H and O–H groups in total. The van der Waals surface area contributed by atoms with Gasteiger partial charge < -0.3 is 14.6 Å². The van der Waals surface area contributed by atoms with Gasteiger partial charge in [0, 0.05) is 25.4 Å². The van der Waals surface area contributed by atoms with Crippen LogP contribution in [0.2, 0.25) is 0 Å². The fourth-order valence-electron chi connectivity index (χ4n) is 2.82. The van der Waals surface area contributed by atoms with Crippen molar-refractivity contribution in [2.45, 2.75) is 44.8 Å². The van der Waals surface area contributed by atoms with E-state index in [4.69, 9.17) is 9.47 Å². The van der Waals surface area contributed by atoms with Crippen LogP contribution in [-0.2, 0) is 9.47 Å². The van der Waals surface area contributed by atoms with Gasteiger partial charge in [0.1, 0.15) is 0 Å². The second-order valence-electron chi connectivity index (χ2n) is 6.09. The number of rotatable bonds is 5. The van der Waals surface area contributed by atoms with E-state index in [1.165, 1.54) is 0 Å². The van der Waals surface area contributed by atoms with E-state index < -0.39 is 0 Å². The molecule has 3 atom stereocenters. The normalized spacial score (nSPS) is 34.3. The zero-order chi connectivity index (χ0) is 13.0. The molecule has 3 unspecified atom stereocenters. The van der Waals surface area contributed by atoms with Gasteiger partial charge in [0.15, 0.2) is 0 Å². The zero-order valence-corrected chi connectivity index (χ0v) is 12.4. The fourth-order valence-corrected chi connectivity index (χ4v) is 3.94. The van der Waals surface area contributed by atoms with Crippen molar-refractivity contribution in [3.8, 4) is 0 Å². The van der Waals surface area contributed by atoms with Crippen molar-refractivity contribution in [2.24, 2.45) is 11.8 Å². The highest BCUT2D eigenvalue weighted by atomic mass is 32.2. The molecule has 0 aromatic heterocycles. The molecule has 2 saturated heterocycles. The summed E-state index contributed by atoms with van der Waals surface area (Å²) in [6, 6.07) is 0. The van der Waals surface area contributed by atoms with Crippen molar-refractivity contribution < 1.29 is 14.6 Å². The maximum atomic E-state index is 10.3. The third kappa shape index (κ3) is 3.86. The second kappa shape index (κ2) is 6.60. The summed E-state index contributed by atoms with van der Waals surface area (Å²) in [7, 11) is 0. The minimum Gasteiger partial charge on any atom is -0.392 e. The Morgan fingerprint density at radius 1 is 1.33 bits per heavy atom. The van der Waals surface area contributed by atoms with Crippen LogP contribution in [0.1, 0.15) is 33.1 Å². The summed E-state index contributed by atoms with van der Waals surface area (Å²) in [6.07, 6.45) is 2.77. The van der Waals surface area contributed by atoms with E-state index in [1.807, 2.05) is 11.8 Å². The monoisotopic (exact) mass is 274 g/mol. The lowest BCUT2D eigenvalue weighted by molar-refractivity contribution is -0.113. The number of aliphatic hydroxyl groups is 1. The van der Waals surface area contributed by atoms with Gasteiger partial charge in [-0.2, -0.15) is 11.8 Å². The van der Waals surface area contributed by atoms with Gasteiger partial charge in [-0.1, -0.05) is 13.8 Å². The van der Waals surface area contributed by atoms with Crippen LogP contribution < -0.4 is 0 Å². The molecule has 106 valence electrons. The Kier molecular flexibility index (Phi) is 5.36. The van der Waals surface area contributed by atoms with Gasteiger partial charge in [0.2, 0.25) is 0 Å². The highest BCUT2D eigenvalue weighted by Gasteiger charge is 2.42. The van der Waals surface area contributed by atoms with E-state index in [0.29, 0.717) is 11.8 Å². The summed E-state index contributed by atoms with van der Waals surface area (Å²) >= 11 is 1.87. The fraction of sp³-hybridized carbons (Fsp3) is 1.00. The summed E-state index contributed by atoms with van der Waals surface area (Å²) in [5, 5.41) is 10.3. The first-order valence-corrected chi connectivity index (χ1v) is 8.24. The topological polar surface area (TPSA) is 38.7 Å². The maximum Gasteiger partial charge on any atom is 0.0940 e. The number of hydrogen-bond acceptors (Lipinski definition) is 4. The molecule has 0 aromatic rings. The highest BCUT2D eigenvalue weighted by molar-refractivity contribution is 7.99. The van der Waals surface area contributed by atoms with Crippen LogP contribution in [0.4, 0.5) is 0 Å². The molecule has 2 aliphatic rings. The van der Waals surface area contributed by atoms with Crippen molar-refractivity contribution in [1.29, 1.82) is 0 Å². The van der Waals surface area contributed by atoms with Crippen molar-refractivity contribution in [1.82, 2.24) is 0 Å². The molecule has 3 nitrogen and oxygen atoms in total. The molecule has 2 rings (SSSR count). The SMILES string of the molecule is CC(C)CSCC(O)C1CCOC2(CCOC2)C1. The standard InChI is InChI=1S/C14H26O3S/c1-11(2)8-18-9-13(15)12-3-5-17-14(7-12)4-6-16-10-14/h11-13,15H,3-10H2,1-2H3. The third-order valence-corrected chi connectivity index (χ3v) is 5.36. The summed E-state index contributed by atoms with van der Waals surface area (Å²) < 4.78 is 11.4. The van der Waals surface area contributed by atoms with Gasteiger partial charge in [-0.25, -0.2) is 0 Å². The molecule has 0 bridgehead atoms. The largest absolute Gasteiger partial charge is 0.392 e. The number of ether oxygens (including phenoxy) is 2. The van der Waals surface area contributed by atoms with Gasteiger partial charge in [-0.3, -0.25) is 0 Å². The van der Waals surface area contributed by atoms with Crippen molar-refractivity contribution in [3.63, 3.8) is 0 Å². The Hall–Kier alpha value is 0.230. The number of aliphatic hydroxyl groups excluding tert-OH is 1. The second-order valence-corrected chi connectivity index (χ2v) is 7.16. The van der Waals surface area contributed by atoms with E-state index in [9.17, 15) is 5.11 Å². The molecule has 2 aliphatic heterocycles. The Balaban J connectivity index is 1.77. The van der Waals surface area contributed by atoms with Crippen LogP contribution in [0.5, 0.6) is 0 Å². The Morgan fingerprint density at radius 3 is 2.83 bits per heavy atom. The van der Waals surface area contributed by atoms with E-state index in [1.54, 1.807) is 0 Å². The zero-order valence-electron chi connectivity index (χ0n) is 11.6. The summed E-state index contributed by atoms with van der Waals surface area (Å²) in [4.78, 5) is 0. The summed E-state index contributed by atoms with van der Waals surface area (Å²) in [6.45, 7) is 6.75. The van der Waals surface area contributed by atoms with Crippen LogP contribution in [-0.4, -0.2) is 48.1 Å².